The number of anilines is 1. The number of fused-ring (bicyclic) bond motifs is 1. The van der Waals surface area contributed by atoms with Crippen LogP contribution in [0.25, 0.3) is 11.4 Å². The Hall–Kier alpha value is -2.60. The van der Waals surface area contributed by atoms with Gasteiger partial charge in [-0.2, -0.15) is 0 Å². The molecule has 0 saturated heterocycles. The summed E-state index contributed by atoms with van der Waals surface area (Å²) in [6.07, 6.45) is 0.903. The maximum atomic E-state index is 13.2. The van der Waals surface area contributed by atoms with Crippen LogP contribution in [0, 0.1) is 6.92 Å². The van der Waals surface area contributed by atoms with E-state index in [4.69, 9.17) is 0 Å². The van der Waals surface area contributed by atoms with Crippen molar-refractivity contribution in [1.29, 1.82) is 0 Å². The molecule has 0 saturated carbocycles. The minimum atomic E-state index is -0.249. The molecule has 2 unspecified atom stereocenters. The topological polar surface area (TPSA) is 51.0 Å². The summed E-state index contributed by atoms with van der Waals surface area (Å²) < 4.78 is 1.97. The molecule has 1 aromatic heterocycles. The molecule has 4 rings (SSSR count). The zero-order valence-corrected chi connectivity index (χ0v) is 17.4. The second kappa shape index (κ2) is 7.43. The molecule has 0 N–H and O–H groups in total. The van der Waals surface area contributed by atoms with Crippen LogP contribution in [0.5, 0.6) is 0 Å². The van der Waals surface area contributed by atoms with Gasteiger partial charge in [0.05, 0.1) is 5.25 Å². The Labute approximate surface area is 169 Å². The van der Waals surface area contributed by atoms with E-state index >= 15 is 0 Å². The van der Waals surface area contributed by atoms with Crippen LogP contribution in [0.2, 0.25) is 0 Å². The molecule has 6 heteroatoms. The summed E-state index contributed by atoms with van der Waals surface area (Å²) in [6, 6.07) is 16.5. The van der Waals surface area contributed by atoms with Crippen molar-refractivity contribution >= 4 is 23.4 Å². The Morgan fingerprint density at radius 3 is 2.64 bits per heavy atom. The van der Waals surface area contributed by atoms with Gasteiger partial charge in [0.1, 0.15) is 0 Å². The van der Waals surface area contributed by atoms with Crippen LogP contribution < -0.4 is 4.90 Å². The number of aryl methyl sites for hydroxylation is 1. The Bertz CT molecular complexity index is 1030. The Morgan fingerprint density at radius 1 is 1.14 bits per heavy atom. The molecule has 2 heterocycles. The molecule has 2 atom stereocenters. The van der Waals surface area contributed by atoms with Crippen molar-refractivity contribution in [2.45, 2.75) is 43.6 Å². The fourth-order valence-corrected chi connectivity index (χ4v) is 4.64. The molecular formula is C22H24N4OS. The lowest BCUT2D eigenvalue weighted by Gasteiger charge is -2.25. The van der Waals surface area contributed by atoms with Crippen LogP contribution in [0.15, 0.2) is 53.7 Å². The zero-order valence-electron chi connectivity index (χ0n) is 16.6. The molecule has 0 bridgehead atoms. The highest BCUT2D eigenvalue weighted by atomic mass is 32.2. The van der Waals surface area contributed by atoms with Gasteiger partial charge in [0.2, 0.25) is 5.91 Å². The van der Waals surface area contributed by atoms with Crippen molar-refractivity contribution < 1.29 is 4.79 Å². The Kier molecular flexibility index (Phi) is 4.98. The number of carbonyl (C=O) groups is 1. The minimum absolute atomic E-state index is 0.114. The molecule has 1 amide bonds. The van der Waals surface area contributed by atoms with Gasteiger partial charge >= 0.3 is 0 Å². The highest BCUT2D eigenvalue weighted by Gasteiger charge is 2.34. The van der Waals surface area contributed by atoms with E-state index in [1.54, 1.807) is 0 Å². The third-order valence-corrected chi connectivity index (χ3v) is 6.42. The van der Waals surface area contributed by atoms with E-state index in [0.717, 1.165) is 34.2 Å². The largest absolute Gasteiger partial charge is 0.308 e. The number of hydrogen-bond donors (Lipinski definition) is 0. The second-order valence-electron chi connectivity index (χ2n) is 7.33. The molecule has 0 aliphatic carbocycles. The molecule has 0 fully saturated rings. The summed E-state index contributed by atoms with van der Waals surface area (Å²) in [5, 5.41) is 9.23. The van der Waals surface area contributed by atoms with E-state index < -0.39 is 0 Å². The SMILES string of the molecule is Cc1ccccc1-c1nnc(SC(C)C(=O)N2c3ccccc3CC2C)n1C. The predicted molar refractivity (Wildman–Crippen MR) is 114 cm³/mol. The van der Waals surface area contributed by atoms with Crippen molar-refractivity contribution in [3.05, 3.63) is 59.7 Å². The first-order chi connectivity index (χ1) is 13.5. The standard InChI is InChI=1S/C22H24N4OS/c1-14-9-5-7-11-18(14)20-23-24-22(25(20)4)28-16(3)21(27)26-15(2)13-17-10-6-8-12-19(17)26/h5-12,15-16H,13H2,1-4H3. The lowest BCUT2D eigenvalue weighted by molar-refractivity contribution is -0.118. The number of hydrogen-bond acceptors (Lipinski definition) is 4. The number of rotatable bonds is 4. The molecule has 144 valence electrons. The van der Waals surface area contributed by atoms with Crippen molar-refractivity contribution in [2.24, 2.45) is 7.05 Å². The Morgan fingerprint density at radius 2 is 1.86 bits per heavy atom. The van der Waals surface area contributed by atoms with E-state index in [1.165, 1.54) is 17.3 Å². The normalized spacial score (nSPS) is 16.9. The summed E-state index contributed by atoms with van der Waals surface area (Å²) in [4.78, 5) is 15.1. The van der Waals surface area contributed by atoms with Gasteiger partial charge in [0.25, 0.3) is 0 Å². The van der Waals surface area contributed by atoms with Crippen molar-refractivity contribution in [2.75, 3.05) is 4.90 Å². The summed E-state index contributed by atoms with van der Waals surface area (Å²) in [6.45, 7) is 6.12. The van der Waals surface area contributed by atoms with Gasteiger partial charge in [-0.3, -0.25) is 4.79 Å². The minimum Gasteiger partial charge on any atom is -0.308 e. The van der Waals surface area contributed by atoms with Crippen LogP contribution in [-0.2, 0) is 18.3 Å². The van der Waals surface area contributed by atoms with Gasteiger partial charge in [0.15, 0.2) is 11.0 Å². The first-order valence-corrected chi connectivity index (χ1v) is 10.4. The average Bonchev–Trinajstić information content (AvgIpc) is 3.21. The summed E-state index contributed by atoms with van der Waals surface area (Å²) in [5.41, 5.74) is 4.48. The first kappa shape index (κ1) is 18.7. The van der Waals surface area contributed by atoms with Gasteiger partial charge in [-0.25, -0.2) is 0 Å². The van der Waals surface area contributed by atoms with Crippen LogP contribution in [0.1, 0.15) is 25.0 Å². The zero-order chi connectivity index (χ0) is 19.8. The van der Waals surface area contributed by atoms with E-state index in [-0.39, 0.29) is 17.2 Å². The summed E-state index contributed by atoms with van der Waals surface area (Å²) in [7, 11) is 1.95. The average molecular weight is 393 g/mol. The second-order valence-corrected chi connectivity index (χ2v) is 8.64. The maximum Gasteiger partial charge on any atom is 0.240 e. The predicted octanol–water partition coefficient (Wildman–Crippen LogP) is 4.25. The molecule has 28 heavy (non-hydrogen) atoms. The number of benzene rings is 2. The molecule has 2 aromatic carbocycles. The number of para-hydroxylation sites is 1. The van der Waals surface area contributed by atoms with Crippen LogP contribution in [0.4, 0.5) is 5.69 Å². The van der Waals surface area contributed by atoms with Gasteiger partial charge in [-0.1, -0.05) is 54.2 Å². The van der Waals surface area contributed by atoms with E-state index in [0.29, 0.717) is 0 Å². The third-order valence-electron chi connectivity index (χ3n) is 5.30. The van der Waals surface area contributed by atoms with Crippen molar-refractivity contribution in [3.63, 3.8) is 0 Å². The molecule has 0 radical (unpaired) electrons. The van der Waals surface area contributed by atoms with E-state index in [9.17, 15) is 4.79 Å². The maximum absolute atomic E-state index is 13.2. The summed E-state index contributed by atoms with van der Waals surface area (Å²) >= 11 is 1.46. The third kappa shape index (κ3) is 3.22. The summed E-state index contributed by atoms with van der Waals surface area (Å²) in [5.74, 6) is 0.933. The number of nitrogens with zero attached hydrogens (tertiary/aromatic N) is 4. The van der Waals surface area contributed by atoms with E-state index in [1.807, 2.05) is 59.8 Å². The van der Waals surface area contributed by atoms with Crippen LogP contribution in [0.3, 0.4) is 0 Å². The smallest absolute Gasteiger partial charge is 0.240 e. The first-order valence-electron chi connectivity index (χ1n) is 9.50. The highest BCUT2D eigenvalue weighted by molar-refractivity contribution is 8.00. The van der Waals surface area contributed by atoms with Crippen molar-refractivity contribution in [3.8, 4) is 11.4 Å². The highest BCUT2D eigenvalue weighted by Crippen LogP contribution is 2.35. The lowest BCUT2D eigenvalue weighted by Crippen LogP contribution is -2.40. The number of thioether (sulfide) groups is 1. The van der Waals surface area contributed by atoms with Gasteiger partial charge in [-0.15, -0.1) is 10.2 Å². The van der Waals surface area contributed by atoms with E-state index in [2.05, 4.69) is 36.2 Å². The van der Waals surface area contributed by atoms with Crippen LogP contribution >= 0.6 is 11.8 Å². The lowest BCUT2D eigenvalue weighted by atomic mass is 10.1. The number of carbonyl (C=O) groups excluding carboxylic acids is 1. The molecule has 1 aliphatic heterocycles. The van der Waals surface area contributed by atoms with Crippen LogP contribution in [-0.4, -0.2) is 32.0 Å². The quantitative estimate of drug-likeness (QED) is 0.623. The van der Waals surface area contributed by atoms with Gasteiger partial charge in [0, 0.05) is 24.3 Å². The molecule has 1 aliphatic rings. The molecule has 3 aromatic rings. The fourth-order valence-electron chi connectivity index (χ4n) is 3.78. The fraction of sp³-hybridized carbons (Fsp3) is 0.318. The molecule has 5 nitrogen and oxygen atoms in total. The number of aromatic nitrogens is 3. The molecular weight excluding hydrogens is 368 g/mol. The molecule has 0 spiro atoms. The van der Waals surface area contributed by atoms with Gasteiger partial charge < -0.3 is 9.47 Å². The Balaban J connectivity index is 1.56. The van der Waals surface area contributed by atoms with Gasteiger partial charge in [-0.05, 0) is 44.4 Å². The van der Waals surface area contributed by atoms with Crippen molar-refractivity contribution in [1.82, 2.24) is 14.8 Å². The number of amides is 1. The monoisotopic (exact) mass is 392 g/mol.